The van der Waals surface area contributed by atoms with Crippen molar-refractivity contribution in [3.63, 3.8) is 0 Å². The van der Waals surface area contributed by atoms with E-state index in [1.165, 1.54) is 12.1 Å². The first kappa shape index (κ1) is 15.5. The molecule has 0 radical (unpaired) electrons. The van der Waals surface area contributed by atoms with Crippen LogP contribution in [0.15, 0.2) is 24.3 Å². The SMILES string of the molecule is CCCCCC(F)CCOc1ccc(C(=O)O)cc1. The second kappa shape index (κ2) is 8.51. The van der Waals surface area contributed by atoms with Crippen molar-refractivity contribution in [2.45, 2.75) is 45.2 Å². The number of carbonyl (C=O) groups is 1. The van der Waals surface area contributed by atoms with Crippen molar-refractivity contribution in [2.75, 3.05) is 6.61 Å². The zero-order valence-corrected chi connectivity index (χ0v) is 11.3. The van der Waals surface area contributed by atoms with Gasteiger partial charge in [0.2, 0.25) is 0 Å². The Morgan fingerprint density at radius 2 is 1.95 bits per heavy atom. The molecule has 0 saturated carbocycles. The highest BCUT2D eigenvalue weighted by Gasteiger charge is 2.07. The average molecular weight is 268 g/mol. The Kier molecular flexibility index (Phi) is 6.93. The number of unbranched alkanes of at least 4 members (excludes halogenated alkanes) is 2. The predicted molar refractivity (Wildman–Crippen MR) is 72.6 cm³/mol. The number of halogens is 1. The largest absolute Gasteiger partial charge is 0.493 e. The first-order chi connectivity index (χ1) is 9.13. The fourth-order valence-corrected chi connectivity index (χ4v) is 1.76. The lowest BCUT2D eigenvalue weighted by Gasteiger charge is -2.09. The van der Waals surface area contributed by atoms with Crippen molar-refractivity contribution in [1.82, 2.24) is 0 Å². The van der Waals surface area contributed by atoms with Crippen molar-refractivity contribution in [3.8, 4) is 5.75 Å². The maximum absolute atomic E-state index is 13.4. The molecule has 1 aromatic rings. The van der Waals surface area contributed by atoms with E-state index in [1.54, 1.807) is 12.1 Å². The van der Waals surface area contributed by atoms with Crippen LogP contribution in [0.4, 0.5) is 4.39 Å². The van der Waals surface area contributed by atoms with Crippen LogP contribution in [0.1, 0.15) is 49.4 Å². The second-order valence-electron chi connectivity index (χ2n) is 4.56. The van der Waals surface area contributed by atoms with Gasteiger partial charge in [0, 0.05) is 6.42 Å². The number of carboxylic acid groups (broad SMARTS) is 1. The summed E-state index contributed by atoms with van der Waals surface area (Å²) in [5.41, 5.74) is 0.218. The summed E-state index contributed by atoms with van der Waals surface area (Å²) in [6.45, 7) is 2.41. The molecule has 0 aliphatic carbocycles. The zero-order chi connectivity index (χ0) is 14.1. The van der Waals surface area contributed by atoms with E-state index in [1.807, 2.05) is 0 Å². The highest BCUT2D eigenvalue weighted by Crippen LogP contribution is 2.14. The van der Waals surface area contributed by atoms with Crippen LogP contribution in [0.3, 0.4) is 0 Å². The third-order valence-corrected chi connectivity index (χ3v) is 2.92. The molecule has 0 saturated heterocycles. The van der Waals surface area contributed by atoms with Gasteiger partial charge in [0.05, 0.1) is 12.2 Å². The van der Waals surface area contributed by atoms with Gasteiger partial charge in [0.15, 0.2) is 0 Å². The van der Waals surface area contributed by atoms with E-state index < -0.39 is 12.1 Å². The molecular weight excluding hydrogens is 247 g/mol. The normalized spacial score (nSPS) is 12.1. The van der Waals surface area contributed by atoms with Crippen molar-refractivity contribution in [3.05, 3.63) is 29.8 Å². The third-order valence-electron chi connectivity index (χ3n) is 2.92. The Hall–Kier alpha value is -1.58. The van der Waals surface area contributed by atoms with Gasteiger partial charge in [-0.1, -0.05) is 26.2 Å². The fourth-order valence-electron chi connectivity index (χ4n) is 1.76. The summed E-state index contributed by atoms with van der Waals surface area (Å²) >= 11 is 0. The van der Waals surface area contributed by atoms with Crippen LogP contribution in [0, 0.1) is 0 Å². The topological polar surface area (TPSA) is 46.5 Å². The molecule has 4 heteroatoms. The Balaban J connectivity index is 2.23. The van der Waals surface area contributed by atoms with Crippen molar-refractivity contribution >= 4 is 5.97 Å². The molecular formula is C15H21FO3. The van der Waals surface area contributed by atoms with Crippen LogP contribution < -0.4 is 4.74 Å². The Labute approximate surface area is 113 Å². The number of alkyl halides is 1. The van der Waals surface area contributed by atoms with Crippen LogP contribution in [0.5, 0.6) is 5.75 Å². The van der Waals surface area contributed by atoms with Gasteiger partial charge in [0.25, 0.3) is 0 Å². The van der Waals surface area contributed by atoms with Crippen LogP contribution in [0.2, 0.25) is 0 Å². The van der Waals surface area contributed by atoms with Gasteiger partial charge in [-0.25, -0.2) is 9.18 Å². The van der Waals surface area contributed by atoms with E-state index >= 15 is 0 Å². The molecule has 0 aliphatic heterocycles. The third kappa shape index (κ3) is 6.22. The van der Waals surface area contributed by atoms with Crippen LogP contribution in [-0.2, 0) is 0 Å². The minimum atomic E-state index is -0.966. The molecule has 0 heterocycles. The fraction of sp³-hybridized carbons (Fsp3) is 0.533. The van der Waals surface area contributed by atoms with E-state index in [-0.39, 0.29) is 5.56 Å². The van der Waals surface area contributed by atoms with Crippen LogP contribution >= 0.6 is 0 Å². The van der Waals surface area contributed by atoms with Gasteiger partial charge in [0.1, 0.15) is 11.9 Å². The molecule has 0 aliphatic rings. The number of ether oxygens (including phenoxy) is 1. The molecule has 0 bridgehead atoms. The average Bonchev–Trinajstić information content (AvgIpc) is 2.39. The molecule has 1 atom stereocenters. The van der Waals surface area contributed by atoms with Gasteiger partial charge in [-0.3, -0.25) is 0 Å². The van der Waals surface area contributed by atoms with Gasteiger partial charge >= 0.3 is 5.97 Å². The number of carboxylic acids is 1. The Morgan fingerprint density at radius 1 is 1.26 bits per heavy atom. The molecule has 1 aromatic carbocycles. The molecule has 0 fully saturated rings. The zero-order valence-electron chi connectivity index (χ0n) is 11.3. The molecule has 0 spiro atoms. The standard InChI is InChI=1S/C15H21FO3/c1-2-3-4-5-13(16)10-11-19-14-8-6-12(7-9-14)15(17)18/h6-9,13H,2-5,10-11H2,1H3,(H,17,18). The lowest BCUT2D eigenvalue weighted by Crippen LogP contribution is -2.07. The lowest BCUT2D eigenvalue weighted by atomic mass is 10.1. The van der Waals surface area contributed by atoms with E-state index in [9.17, 15) is 9.18 Å². The summed E-state index contributed by atoms with van der Waals surface area (Å²) in [6.07, 6.45) is 3.24. The summed E-state index contributed by atoms with van der Waals surface area (Å²) in [6, 6.07) is 6.14. The van der Waals surface area contributed by atoms with Crippen molar-refractivity contribution in [2.24, 2.45) is 0 Å². The summed E-state index contributed by atoms with van der Waals surface area (Å²) in [5, 5.41) is 8.74. The molecule has 0 aromatic heterocycles. The first-order valence-corrected chi connectivity index (χ1v) is 6.73. The summed E-state index contributed by atoms with van der Waals surface area (Å²) < 4.78 is 18.8. The summed E-state index contributed by atoms with van der Waals surface area (Å²) in [7, 11) is 0. The number of hydrogen-bond donors (Lipinski definition) is 1. The van der Waals surface area contributed by atoms with Gasteiger partial charge in [-0.15, -0.1) is 0 Å². The Bertz CT molecular complexity index is 375. The van der Waals surface area contributed by atoms with Gasteiger partial charge in [-0.2, -0.15) is 0 Å². The van der Waals surface area contributed by atoms with E-state index in [0.29, 0.717) is 25.2 Å². The molecule has 1 rings (SSSR count). The Morgan fingerprint density at radius 3 is 2.53 bits per heavy atom. The molecule has 19 heavy (non-hydrogen) atoms. The molecule has 106 valence electrons. The molecule has 3 nitrogen and oxygen atoms in total. The van der Waals surface area contributed by atoms with E-state index in [0.717, 1.165) is 19.3 Å². The maximum Gasteiger partial charge on any atom is 0.335 e. The molecule has 1 N–H and O–H groups in total. The highest BCUT2D eigenvalue weighted by molar-refractivity contribution is 5.87. The second-order valence-corrected chi connectivity index (χ2v) is 4.56. The van der Waals surface area contributed by atoms with Crippen molar-refractivity contribution in [1.29, 1.82) is 0 Å². The van der Waals surface area contributed by atoms with Gasteiger partial charge < -0.3 is 9.84 Å². The van der Waals surface area contributed by atoms with E-state index in [2.05, 4.69) is 6.92 Å². The van der Waals surface area contributed by atoms with Crippen molar-refractivity contribution < 1.29 is 19.0 Å². The smallest absolute Gasteiger partial charge is 0.335 e. The number of hydrogen-bond acceptors (Lipinski definition) is 2. The van der Waals surface area contributed by atoms with Crippen LogP contribution in [-0.4, -0.2) is 23.9 Å². The lowest BCUT2D eigenvalue weighted by molar-refractivity contribution is 0.0697. The highest BCUT2D eigenvalue weighted by atomic mass is 19.1. The molecule has 1 unspecified atom stereocenters. The maximum atomic E-state index is 13.4. The monoisotopic (exact) mass is 268 g/mol. The van der Waals surface area contributed by atoms with E-state index in [4.69, 9.17) is 9.84 Å². The van der Waals surface area contributed by atoms with Crippen LogP contribution in [0.25, 0.3) is 0 Å². The summed E-state index contributed by atoms with van der Waals surface area (Å²) in [5.74, 6) is -0.392. The number of benzene rings is 1. The minimum Gasteiger partial charge on any atom is -0.493 e. The van der Waals surface area contributed by atoms with Gasteiger partial charge in [-0.05, 0) is 30.7 Å². The molecule has 0 amide bonds. The number of rotatable bonds is 9. The first-order valence-electron chi connectivity index (χ1n) is 6.73. The predicted octanol–water partition coefficient (Wildman–Crippen LogP) is 4.07. The summed E-state index contributed by atoms with van der Waals surface area (Å²) in [4.78, 5) is 10.7. The number of aromatic carboxylic acids is 1. The minimum absolute atomic E-state index is 0.218. The quantitative estimate of drug-likeness (QED) is 0.687.